The highest BCUT2D eigenvalue weighted by atomic mass is 32.1. The average molecular weight is 189 g/mol. The fourth-order valence-corrected chi connectivity index (χ4v) is 1.97. The molecule has 13 heavy (non-hydrogen) atoms. The van der Waals surface area contributed by atoms with E-state index in [0.717, 1.165) is 0 Å². The van der Waals surface area contributed by atoms with Gasteiger partial charge in [-0.2, -0.15) is 0 Å². The zero-order valence-electron chi connectivity index (χ0n) is 7.74. The molecular weight excluding hydrogens is 178 g/mol. The summed E-state index contributed by atoms with van der Waals surface area (Å²) in [7, 11) is 0. The molecule has 0 aliphatic rings. The van der Waals surface area contributed by atoms with Crippen LogP contribution in [0.25, 0.3) is 5.52 Å². The Morgan fingerprint density at radius 2 is 2.08 bits per heavy atom. The Morgan fingerprint density at radius 1 is 1.31 bits per heavy atom. The zero-order chi connectivity index (χ0) is 9.42. The zero-order valence-corrected chi connectivity index (χ0v) is 8.56. The second kappa shape index (κ2) is 2.96. The molecule has 0 aromatic carbocycles. The van der Waals surface area contributed by atoms with Gasteiger partial charge in [-0.05, 0) is 31.5 Å². The van der Waals surface area contributed by atoms with Gasteiger partial charge in [0.15, 0.2) is 0 Å². The van der Waals surface area contributed by atoms with E-state index >= 15 is 0 Å². The van der Waals surface area contributed by atoms with Gasteiger partial charge in [0.25, 0.3) is 0 Å². The second-order valence-corrected chi connectivity index (χ2v) is 3.43. The first-order valence-corrected chi connectivity index (χ1v) is 4.74. The minimum Gasteiger partial charge on any atom is -0.320 e. The van der Waals surface area contributed by atoms with Crippen molar-refractivity contribution < 1.29 is 0 Å². The molecule has 0 atom stereocenters. The van der Waals surface area contributed by atoms with Gasteiger partial charge in [0, 0.05) is 22.8 Å². The Bertz CT molecular complexity index is 468. The molecule has 0 N–H and O–H groups in total. The predicted molar refractivity (Wildman–Crippen MR) is 59.6 cm³/mol. The third-order valence-corrected chi connectivity index (χ3v) is 2.80. The lowest BCUT2D eigenvalue weighted by molar-refractivity contribution is 1.09. The highest BCUT2D eigenvalue weighted by Crippen LogP contribution is 2.20. The van der Waals surface area contributed by atoms with Crippen LogP contribution in [0.1, 0.15) is 16.8 Å². The van der Waals surface area contributed by atoms with Crippen molar-refractivity contribution in [2.24, 2.45) is 0 Å². The van der Waals surface area contributed by atoms with E-state index in [1.807, 2.05) is 12.1 Å². The van der Waals surface area contributed by atoms with Crippen LogP contribution in [0, 0.1) is 13.8 Å². The van der Waals surface area contributed by atoms with Crippen molar-refractivity contribution in [3.63, 3.8) is 0 Å². The molecule has 0 fully saturated rings. The quantitative estimate of drug-likeness (QED) is 0.624. The summed E-state index contributed by atoms with van der Waals surface area (Å²) in [6.07, 6.45) is 2.07. The molecule has 0 saturated heterocycles. The number of aryl methyl sites for hydroxylation is 1. The summed E-state index contributed by atoms with van der Waals surface area (Å²) in [4.78, 5) is 0. The monoisotopic (exact) mass is 189 g/mol. The summed E-state index contributed by atoms with van der Waals surface area (Å²) < 4.78 is 2.17. The number of thiocarbonyl (C=S) groups is 1. The highest BCUT2D eigenvalue weighted by Gasteiger charge is 2.07. The second-order valence-electron chi connectivity index (χ2n) is 3.20. The van der Waals surface area contributed by atoms with Gasteiger partial charge in [-0.15, -0.1) is 0 Å². The van der Waals surface area contributed by atoms with Gasteiger partial charge in [-0.25, -0.2) is 0 Å². The lowest BCUT2D eigenvalue weighted by atomic mass is 10.2. The molecule has 0 spiro atoms. The SMILES string of the molecule is Cc1c(C=S)c2ccccn2c1C. The van der Waals surface area contributed by atoms with Crippen LogP contribution in [0.4, 0.5) is 0 Å². The van der Waals surface area contributed by atoms with E-state index in [9.17, 15) is 0 Å². The molecule has 0 radical (unpaired) electrons. The van der Waals surface area contributed by atoms with E-state index in [2.05, 4.69) is 30.5 Å². The number of hydrogen-bond donors (Lipinski definition) is 0. The van der Waals surface area contributed by atoms with Crippen molar-refractivity contribution in [1.29, 1.82) is 0 Å². The third-order valence-electron chi connectivity index (χ3n) is 2.56. The van der Waals surface area contributed by atoms with Crippen LogP contribution < -0.4 is 0 Å². The normalized spacial score (nSPS) is 10.6. The minimum atomic E-state index is 1.17. The molecule has 1 nitrogen and oxygen atoms in total. The predicted octanol–water partition coefficient (Wildman–Crippen LogP) is 2.90. The van der Waals surface area contributed by atoms with E-state index in [-0.39, 0.29) is 0 Å². The van der Waals surface area contributed by atoms with Crippen molar-refractivity contribution in [2.75, 3.05) is 0 Å². The highest BCUT2D eigenvalue weighted by molar-refractivity contribution is 7.79. The minimum absolute atomic E-state index is 1.17. The van der Waals surface area contributed by atoms with Gasteiger partial charge in [-0.1, -0.05) is 18.3 Å². The van der Waals surface area contributed by atoms with Gasteiger partial charge in [0.2, 0.25) is 0 Å². The van der Waals surface area contributed by atoms with E-state index in [4.69, 9.17) is 12.2 Å². The molecular formula is C11H11NS. The topological polar surface area (TPSA) is 4.41 Å². The Kier molecular flexibility index (Phi) is 1.93. The number of rotatable bonds is 1. The molecule has 2 aromatic rings. The van der Waals surface area contributed by atoms with Crippen molar-refractivity contribution in [2.45, 2.75) is 13.8 Å². The van der Waals surface area contributed by atoms with Gasteiger partial charge in [0.05, 0.1) is 5.52 Å². The summed E-state index contributed by atoms with van der Waals surface area (Å²) in [6.45, 7) is 4.23. The van der Waals surface area contributed by atoms with Crippen LogP contribution in [0.2, 0.25) is 0 Å². The maximum atomic E-state index is 5.01. The molecule has 0 aliphatic heterocycles. The molecule has 2 rings (SSSR count). The molecule has 2 aromatic heterocycles. The molecule has 0 amide bonds. The molecule has 0 saturated carbocycles. The fourth-order valence-electron chi connectivity index (χ4n) is 1.67. The first-order valence-electron chi connectivity index (χ1n) is 4.27. The summed E-state index contributed by atoms with van der Waals surface area (Å²) in [5.74, 6) is 0. The maximum absolute atomic E-state index is 5.01. The van der Waals surface area contributed by atoms with Gasteiger partial charge in [-0.3, -0.25) is 0 Å². The Balaban J connectivity index is 2.98. The Morgan fingerprint density at radius 3 is 2.77 bits per heavy atom. The van der Waals surface area contributed by atoms with Crippen LogP contribution in [0.5, 0.6) is 0 Å². The lowest BCUT2D eigenvalue weighted by Gasteiger charge is -1.95. The van der Waals surface area contributed by atoms with Crippen LogP contribution in [0.15, 0.2) is 24.4 Å². The smallest absolute Gasteiger partial charge is 0.0536 e. The van der Waals surface area contributed by atoms with Crippen molar-refractivity contribution in [3.8, 4) is 0 Å². The summed E-state index contributed by atoms with van der Waals surface area (Å²) >= 11 is 5.01. The summed E-state index contributed by atoms with van der Waals surface area (Å²) in [5, 5.41) is 1.76. The lowest BCUT2D eigenvalue weighted by Crippen LogP contribution is -1.84. The van der Waals surface area contributed by atoms with Crippen molar-refractivity contribution in [1.82, 2.24) is 4.40 Å². The van der Waals surface area contributed by atoms with Crippen LogP contribution in [-0.4, -0.2) is 9.77 Å². The van der Waals surface area contributed by atoms with Gasteiger partial charge < -0.3 is 4.40 Å². The number of nitrogens with zero attached hydrogens (tertiary/aromatic N) is 1. The van der Waals surface area contributed by atoms with Gasteiger partial charge in [0.1, 0.15) is 0 Å². The summed E-state index contributed by atoms with van der Waals surface area (Å²) in [6, 6.07) is 6.17. The van der Waals surface area contributed by atoms with E-state index < -0.39 is 0 Å². The molecule has 0 unspecified atom stereocenters. The van der Waals surface area contributed by atoms with E-state index in [1.165, 1.54) is 22.3 Å². The average Bonchev–Trinajstić information content (AvgIpc) is 2.41. The van der Waals surface area contributed by atoms with E-state index in [0.29, 0.717) is 0 Å². The molecule has 2 heterocycles. The number of pyridine rings is 1. The third kappa shape index (κ3) is 1.10. The molecule has 0 aliphatic carbocycles. The Hall–Kier alpha value is -1.15. The standard InChI is InChI=1S/C11H11NS/c1-8-9(2)12-6-4-3-5-11(12)10(8)7-13/h3-7H,1-2H3. The van der Waals surface area contributed by atoms with E-state index in [1.54, 1.807) is 5.37 Å². The molecule has 2 heteroatoms. The van der Waals surface area contributed by atoms with Crippen molar-refractivity contribution >= 4 is 23.1 Å². The first kappa shape index (κ1) is 8.45. The number of fused-ring (bicyclic) bond motifs is 1. The largest absolute Gasteiger partial charge is 0.320 e. The first-order chi connectivity index (χ1) is 6.25. The van der Waals surface area contributed by atoms with Crippen molar-refractivity contribution in [3.05, 3.63) is 41.2 Å². The maximum Gasteiger partial charge on any atom is 0.0536 e. The van der Waals surface area contributed by atoms with Gasteiger partial charge >= 0.3 is 0 Å². The Labute approximate surface area is 83.0 Å². The van der Waals surface area contributed by atoms with Crippen LogP contribution in [0.3, 0.4) is 0 Å². The van der Waals surface area contributed by atoms with Crippen LogP contribution in [-0.2, 0) is 0 Å². The molecule has 66 valence electrons. The fraction of sp³-hybridized carbons (Fsp3) is 0.182. The summed E-state index contributed by atoms with van der Waals surface area (Å²) in [5.41, 5.74) is 4.92. The number of hydrogen-bond acceptors (Lipinski definition) is 1. The number of aromatic nitrogens is 1. The van der Waals surface area contributed by atoms with Crippen LogP contribution >= 0.6 is 12.2 Å². The molecule has 0 bridgehead atoms.